The second-order valence-corrected chi connectivity index (χ2v) is 6.96. The van der Waals surface area contributed by atoms with Gasteiger partial charge in [0.2, 0.25) is 6.33 Å². The van der Waals surface area contributed by atoms with Crippen molar-refractivity contribution in [3.05, 3.63) is 18.7 Å². The van der Waals surface area contributed by atoms with Gasteiger partial charge in [0.05, 0.1) is 18.8 Å². The molecule has 0 aliphatic rings. The van der Waals surface area contributed by atoms with Crippen LogP contribution >= 0.6 is 0 Å². The summed E-state index contributed by atoms with van der Waals surface area (Å²) in [4.78, 5) is 0. The predicted octanol–water partition coefficient (Wildman–Crippen LogP) is 0.125. The topological polar surface area (TPSA) is 120 Å². The molecule has 0 aliphatic heterocycles. The summed E-state index contributed by atoms with van der Waals surface area (Å²) in [5.74, 6) is -0.183. The molecule has 0 aromatic carbocycles. The first-order valence-electron chi connectivity index (χ1n) is 5.78. The molecular weight excluding hydrogens is 353 g/mol. The number of alkyl halides is 3. The normalized spacial score (nSPS) is 12.6. The SMILES string of the molecule is CC[n+]1ccn(CCCS(=O)(=O)O)c1.O=S(=O)([O-])C(F)(F)F. The van der Waals surface area contributed by atoms with Gasteiger partial charge < -0.3 is 4.55 Å². The van der Waals surface area contributed by atoms with E-state index >= 15 is 0 Å². The van der Waals surface area contributed by atoms with Gasteiger partial charge in [-0.25, -0.2) is 17.6 Å². The molecule has 0 bridgehead atoms. The molecule has 0 saturated heterocycles. The Balaban J connectivity index is 0.000000472. The van der Waals surface area contributed by atoms with E-state index in [4.69, 9.17) is 17.5 Å². The maximum Gasteiger partial charge on any atom is 0.485 e. The van der Waals surface area contributed by atoms with E-state index in [2.05, 4.69) is 0 Å². The molecule has 22 heavy (non-hydrogen) atoms. The molecule has 8 nitrogen and oxygen atoms in total. The molecule has 1 aromatic rings. The summed E-state index contributed by atoms with van der Waals surface area (Å²) in [6, 6.07) is 0. The molecule has 0 radical (unpaired) electrons. The molecule has 0 unspecified atom stereocenters. The van der Waals surface area contributed by atoms with E-state index < -0.39 is 25.7 Å². The first-order valence-corrected chi connectivity index (χ1v) is 8.80. The molecule has 13 heteroatoms. The number of aryl methyl sites for hydroxylation is 2. The van der Waals surface area contributed by atoms with Crippen LogP contribution in [0.4, 0.5) is 13.2 Å². The lowest BCUT2D eigenvalue weighted by Crippen LogP contribution is -2.28. The van der Waals surface area contributed by atoms with Gasteiger partial charge in [0.25, 0.3) is 10.1 Å². The summed E-state index contributed by atoms with van der Waals surface area (Å²) >= 11 is 0. The molecule has 0 aliphatic carbocycles. The molecule has 1 aromatic heterocycles. The number of imidazole rings is 1. The number of halogens is 3. The van der Waals surface area contributed by atoms with Gasteiger partial charge in [-0.05, 0) is 6.92 Å². The van der Waals surface area contributed by atoms with Gasteiger partial charge in [-0.15, -0.1) is 0 Å². The Hall–Kier alpha value is -1.18. The average molecular weight is 368 g/mol. The molecule has 1 N–H and O–H groups in total. The number of nitrogens with zero attached hydrogens (tertiary/aromatic N) is 2. The highest BCUT2D eigenvalue weighted by atomic mass is 32.2. The molecule has 130 valence electrons. The van der Waals surface area contributed by atoms with E-state index in [1.165, 1.54) is 0 Å². The van der Waals surface area contributed by atoms with Crippen LogP contribution in [0.5, 0.6) is 0 Å². The van der Waals surface area contributed by atoms with Crippen LogP contribution in [0.2, 0.25) is 0 Å². The van der Waals surface area contributed by atoms with Gasteiger partial charge in [-0.3, -0.25) is 4.55 Å². The largest absolute Gasteiger partial charge is 0.741 e. The predicted molar refractivity (Wildman–Crippen MR) is 67.1 cm³/mol. The fraction of sp³-hybridized carbons (Fsp3) is 0.667. The van der Waals surface area contributed by atoms with Crippen LogP contribution in [0.3, 0.4) is 0 Å². The van der Waals surface area contributed by atoms with Crippen molar-refractivity contribution in [2.75, 3.05) is 5.75 Å². The number of hydrogen-bond acceptors (Lipinski definition) is 5. The molecule has 0 saturated carbocycles. The zero-order valence-corrected chi connectivity index (χ0v) is 13.0. The van der Waals surface area contributed by atoms with Crippen LogP contribution in [0.15, 0.2) is 18.7 Å². The Kier molecular flexibility index (Phi) is 7.47. The van der Waals surface area contributed by atoms with Gasteiger partial charge in [0.15, 0.2) is 10.1 Å². The minimum absolute atomic E-state index is 0.183. The molecule has 0 amide bonds. The first-order chi connectivity index (χ1) is 9.76. The third-order valence-corrected chi connectivity index (χ3v) is 3.59. The second-order valence-electron chi connectivity index (χ2n) is 4.02. The fourth-order valence-electron chi connectivity index (χ4n) is 1.19. The van der Waals surface area contributed by atoms with E-state index in [0.717, 1.165) is 6.54 Å². The minimum atomic E-state index is -6.09. The molecule has 0 atom stereocenters. The molecule has 0 spiro atoms. The van der Waals surface area contributed by atoms with Gasteiger partial charge in [-0.1, -0.05) is 0 Å². The van der Waals surface area contributed by atoms with Crippen molar-refractivity contribution >= 4 is 20.2 Å². The van der Waals surface area contributed by atoms with Gasteiger partial charge in [0.1, 0.15) is 12.4 Å². The van der Waals surface area contributed by atoms with Crippen LogP contribution in [-0.2, 0) is 33.3 Å². The van der Waals surface area contributed by atoms with Gasteiger partial charge in [-0.2, -0.15) is 21.6 Å². The van der Waals surface area contributed by atoms with Crippen LogP contribution in [0, 0.1) is 0 Å². The minimum Gasteiger partial charge on any atom is -0.741 e. The summed E-state index contributed by atoms with van der Waals surface area (Å²) in [5, 5.41) is 0. The molecule has 1 rings (SSSR count). The van der Waals surface area contributed by atoms with Gasteiger partial charge >= 0.3 is 5.51 Å². The van der Waals surface area contributed by atoms with E-state index in [9.17, 15) is 21.6 Å². The Morgan fingerprint density at radius 1 is 1.27 bits per heavy atom. The standard InChI is InChI=1S/C8H14N2O3S.CHF3O3S/c1-2-9-5-6-10(8-9)4-3-7-14(11,12)13;2-1(3,4)8(5,6)7/h5-6,8H,2-4,7H2,1H3;(H,5,6,7). The van der Waals surface area contributed by atoms with Crippen LogP contribution in [0.25, 0.3) is 0 Å². The first kappa shape index (κ1) is 20.8. The van der Waals surface area contributed by atoms with Crippen LogP contribution in [-0.4, -0.2) is 41.8 Å². The smallest absolute Gasteiger partial charge is 0.485 e. The lowest BCUT2D eigenvalue weighted by atomic mass is 10.5. The van der Waals surface area contributed by atoms with Crippen molar-refractivity contribution in [3.8, 4) is 0 Å². The maximum absolute atomic E-state index is 10.7. The maximum atomic E-state index is 10.7. The number of aromatic nitrogens is 2. The van der Waals surface area contributed by atoms with Crippen molar-refractivity contribution in [1.82, 2.24) is 4.57 Å². The van der Waals surface area contributed by atoms with E-state index in [-0.39, 0.29) is 5.75 Å². The van der Waals surface area contributed by atoms with Crippen LogP contribution < -0.4 is 4.57 Å². The number of rotatable bonds is 5. The molecular formula is C9H15F3N2O6S2. The van der Waals surface area contributed by atoms with Crippen molar-refractivity contribution < 1.29 is 43.7 Å². The highest BCUT2D eigenvalue weighted by Gasteiger charge is 2.36. The summed E-state index contributed by atoms with van der Waals surface area (Å²) in [5.41, 5.74) is -5.65. The zero-order chi connectivity index (χ0) is 17.6. The molecule has 1 heterocycles. The monoisotopic (exact) mass is 368 g/mol. The van der Waals surface area contributed by atoms with Crippen molar-refractivity contribution in [2.45, 2.75) is 31.9 Å². The highest BCUT2D eigenvalue weighted by Crippen LogP contribution is 2.20. The Bertz CT molecular complexity index is 666. The van der Waals surface area contributed by atoms with Crippen molar-refractivity contribution in [1.29, 1.82) is 0 Å². The Labute approximate surface area is 125 Å². The number of hydrogen-bond donors (Lipinski definition) is 1. The van der Waals surface area contributed by atoms with E-state index in [0.29, 0.717) is 13.0 Å². The summed E-state index contributed by atoms with van der Waals surface area (Å²) < 4.78 is 92.1. The third-order valence-electron chi connectivity index (χ3n) is 2.21. The zero-order valence-electron chi connectivity index (χ0n) is 11.4. The van der Waals surface area contributed by atoms with Crippen molar-refractivity contribution in [2.24, 2.45) is 0 Å². The van der Waals surface area contributed by atoms with E-state index in [1.807, 2.05) is 34.8 Å². The summed E-state index contributed by atoms with van der Waals surface area (Å²) in [6.45, 7) is 3.53. The average Bonchev–Trinajstić information content (AvgIpc) is 2.73. The quantitative estimate of drug-likeness (QED) is 0.448. The lowest BCUT2D eigenvalue weighted by molar-refractivity contribution is -0.693. The summed E-state index contributed by atoms with van der Waals surface area (Å²) in [6.07, 6.45) is 6.14. The summed E-state index contributed by atoms with van der Waals surface area (Å²) in [7, 11) is -9.90. The van der Waals surface area contributed by atoms with Crippen LogP contribution in [0.1, 0.15) is 13.3 Å². The Morgan fingerprint density at radius 3 is 2.09 bits per heavy atom. The van der Waals surface area contributed by atoms with E-state index in [1.54, 1.807) is 0 Å². The Morgan fingerprint density at radius 2 is 1.77 bits per heavy atom. The van der Waals surface area contributed by atoms with Gasteiger partial charge in [0, 0.05) is 6.42 Å². The van der Waals surface area contributed by atoms with Crippen molar-refractivity contribution in [3.63, 3.8) is 0 Å². The third kappa shape index (κ3) is 8.96. The molecule has 0 fully saturated rings. The highest BCUT2D eigenvalue weighted by molar-refractivity contribution is 7.86. The second kappa shape index (κ2) is 7.89. The fourth-order valence-corrected chi connectivity index (χ4v) is 1.68. The lowest BCUT2D eigenvalue weighted by Gasteiger charge is -2.08.